The molecule has 0 saturated heterocycles. The van der Waals surface area contributed by atoms with E-state index in [0.29, 0.717) is 23.1 Å². The van der Waals surface area contributed by atoms with Gasteiger partial charge >= 0.3 is 0 Å². The molecule has 18 heavy (non-hydrogen) atoms. The zero-order chi connectivity index (χ0) is 13.0. The van der Waals surface area contributed by atoms with Crippen LogP contribution in [0, 0.1) is 6.92 Å². The normalized spacial score (nSPS) is 10.1. The van der Waals surface area contributed by atoms with Crippen LogP contribution in [0.5, 0.6) is 0 Å². The molecule has 94 valence electrons. The molecular weight excluding hydrogens is 236 g/mol. The first kappa shape index (κ1) is 12.0. The van der Waals surface area contributed by atoms with Crippen molar-refractivity contribution in [3.8, 4) is 0 Å². The van der Waals surface area contributed by atoms with E-state index >= 15 is 0 Å². The summed E-state index contributed by atoms with van der Waals surface area (Å²) in [4.78, 5) is 19.6. The van der Waals surface area contributed by atoms with Crippen molar-refractivity contribution in [2.75, 3.05) is 5.43 Å². The SMILES string of the molecule is Cc1noc(CNC(=O)c2ccc(NN)nc2)n1. The smallest absolute Gasteiger partial charge is 0.253 e. The van der Waals surface area contributed by atoms with Gasteiger partial charge in [-0.05, 0) is 19.1 Å². The molecule has 8 nitrogen and oxygen atoms in total. The summed E-state index contributed by atoms with van der Waals surface area (Å²) in [6.07, 6.45) is 1.42. The van der Waals surface area contributed by atoms with Crippen molar-refractivity contribution in [2.24, 2.45) is 5.84 Å². The molecule has 2 aromatic heterocycles. The van der Waals surface area contributed by atoms with Crippen molar-refractivity contribution in [2.45, 2.75) is 13.5 Å². The quantitative estimate of drug-likeness (QED) is 0.514. The summed E-state index contributed by atoms with van der Waals surface area (Å²) in [6.45, 7) is 1.88. The number of rotatable bonds is 4. The number of nitrogens with one attached hydrogen (secondary N) is 2. The van der Waals surface area contributed by atoms with E-state index in [0.717, 1.165) is 0 Å². The van der Waals surface area contributed by atoms with Crippen LogP contribution in [0.15, 0.2) is 22.9 Å². The summed E-state index contributed by atoms with van der Waals surface area (Å²) in [5, 5.41) is 6.26. The average molecular weight is 248 g/mol. The van der Waals surface area contributed by atoms with Crippen LogP contribution in [0.1, 0.15) is 22.1 Å². The lowest BCUT2D eigenvalue weighted by Gasteiger charge is -2.03. The summed E-state index contributed by atoms with van der Waals surface area (Å²) >= 11 is 0. The fourth-order valence-corrected chi connectivity index (χ4v) is 1.28. The minimum atomic E-state index is -0.276. The number of hydrazine groups is 1. The Morgan fingerprint density at radius 3 is 2.89 bits per heavy atom. The maximum Gasteiger partial charge on any atom is 0.253 e. The number of hydrogen-bond acceptors (Lipinski definition) is 7. The van der Waals surface area contributed by atoms with Gasteiger partial charge in [-0.3, -0.25) is 4.79 Å². The lowest BCUT2D eigenvalue weighted by atomic mass is 10.2. The van der Waals surface area contributed by atoms with Gasteiger partial charge in [-0.2, -0.15) is 4.98 Å². The molecular formula is C10H12N6O2. The molecule has 0 unspecified atom stereocenters. The minimum absolute atomic E-state index is 0.177. The first-order valence-corrected chi connectivity index (χ1v) is 5.19. The summed E-state index contributed by atoms with van der Waals surface area (Å²) in [6, 6.07) is 3.21. The van der Waals surface area contributed by atoms with Crippen LogP contribution in [0.2, 0.25) is 0 Å². The van der Waals surface area contributed by atoms with Gasteiger partial charge in [-0.25, -0.2) is 10.8 Å². The van der Waals surface area contributed by atoms with E-state index in [9.17, 15) is 4.79 Å². The molecule has 0 aromatic carbocycles. The highest BCUT2D eigenvalue weighted by Gasteiger charge is 2.08. The average Bonchev–Trinajstić information content (AvgIpc) is 2.82. The molecule has 0 atom stereocenters. The number of nitrogens with two attached hydrogens (primary N) is 1. The van der Waals surface area contributed by atoms with Crippen molar-refractivity contribution in [1.29, 1.82) is 0 Å². The summed E-state index contributed by atoms with van der Waals surface area (Å²) in [7, 11) is 0. The van der Waals surface area contributed by atoms with Crippen LogP contribution in [0.3, 0.4) is 0 Å². The van der Waals surface area contributed by atoms with Crippen molar-refractivity contribution >= 4 is 11.7 Å². The van der Waals surface area contributed by atoms with E-state index in [2.05, 4.69) is 25.9 Å². The molecule has 4 N–H and O–H groups in total. The van der Waals surface area contributed by atoms with E-state index in [4.69, 9.17) is 10.4 Å². The molecule has 0 saturated carbocycles. The van der Waals surface area contributed by atoms with Crippen molar-refractivity contribution < 1.29 is 9.32 Å². The fourth-order valence-electron chi connectivity index (χ4n) is 1.28. The molecule has 0 fully saturated rings. The number of carbonyl (C=O) groups excluding carboxylic acids is 1. The second-order valence-electron chi connectivity index (χ2n) is 3.49. The molecule has 2 heterocycles. The largest absolute Gasteiger partial charge is 0.343 e. The zero-order valence-electron chi connectivity index (χ0n) is 9.67. The van der Waals surface area contributed by atoms with E-state index < -0.39 is 0 Å². The summed E-state index contributed by atoms with van der Waals surface area (Å²) < 4.78 is 4.87. The Balaban J connectivity index is 1.94. The van der Waals surface area contributed by atoms with E-state index in [1.54, 1.807) is 19.1 Å². The second-order valence-corrected chi connectivity index (χ2v) is 3.49. The standard InChI is InChI=1S/C10H12N6O2/c1-6-14-9(18-16-6)5-13-10(17)7-2-3-8(15-11)12-4-7/h2-4H,5,11H2,1H3,(H,12,15)(H,13,17). The second kappa shape index (κ2) is 5.23. The van der Waals surface area contributed by atoms with Gasteiger partial charge in [0.25, 0.3) is 5.91 Å². The lowest BCUT2D eigenvalue weighted by Crippen LogP contribution is -2.23. The minimum Gasteiger partial charge on any atom is -0.343 e. The predicted octanol–water partition coefficient (Wildman–Crippen LogP) is -0.0114. The molecule has 0 radical (unpaired) electrons. The number of nitrogen functional groups attached to an aromatic ring is 1. The van der Waals surface area contributed by atoms with E-state index in [1.165, 1.54) is 6.20 Å². The van der Waals surface area contributed by atoms with Crippen molar-refractivity contribution in [3.63, 3.8) is 0 Å². The monoisotopic (exact) mass is 248 g/mol. The number of nitrogens with zero attached hydrogens (tertiary/aromatic N) is 3. The molecule has 1 amide bonds. The zero-order valence-corrected chi connectivity index (χ0v) is 9.67. The maximum atomic E-state index is 11.7. The van der Waals surface area contributed by atoms with Gasteiger partial charge in [-0.1, -0.05) is 5.16 Å². The Morgan fingerprint density at radius 1 is 1.50 bits per heavy atom. The van der Waals surface area contributed by atoms with Gasteiger partial charge in [0.1, 0.15) is 5.82 Å². The maximum absolute atomic E-state index is 11.7. The van der Waals surface area contributed by atoms with Crippen LogP contribution in [0.25, 0.3) is 0 Å². The van der Waals surface area contributed by atoms with E-state index in [1.807, 2.05) is 0 Å². The Hall–Kier alpha value is -2.48. The van der Waals surface area contributed by atoms with Gasteiger partial charge in [0, 0.05) is 6.20 Å². The number of aromatic nitrogens is 3. The van der Waals surface area contributed by atoms with Crippen LogP contribution < -0.4 is 16.6 Å². The number of aryl methyl sites for hydroxylation is 1. The van der Waals surface area contributed by atoms with Crippen LogP contribution in [0.4, 0.5) is 5.82 Å². The molecule has 0 aliphatic heterocycles. The highest BCUT2D eigenvalue weighted by molar-refractivity contribution is 5.93. The topological polar surface area (TPSA) is 119 Å². The van der Waals surface area contributed by atoms with Gasteiger partial charge in [-0.15, -0.1) is 0 Å². The molecule has 0 aliphatic rings. The third-order valence-corrected chi connectivity index (χ3v) is 2.14. The number of carbonyl (C=O) groups is 1. The van der Waals surface area contributed by atoms with Crippen molar-refractivity contribution in [3.05, 3.63) is 35.6 Å². The molecule has 2 rings (SSSR count). The van der Waals surface area contributed by atoms with Gasteiger partial charge < -0.3 is 15.3 Å². The number of amides is 1. The summed E-state index contributed by atoms with van der Waals surface area (Å²) in [5.41, 5.74) is 2.80. The van der Waals surface area contributed by atoms with Gasteiger partial charge in [0.05, 0.1) is 12.1 Å². The third-order valence-electron chi connectivity index (χ3n) is 2.14. The predicted molar refractivity (Wildman–Crippen MR) is 62.3 cm³/mol. The summed E-state index contributed by atoms with van der Waals surface area (Å²) in [5.74, 6) is 6.26. The fraction of sp³-hybridized carbons (Fsp3) is 0.200. The molecule has 0 aliphatic carbocycles. The lowest BCUT2D eigenvalue weighted by molar-refractivity contribution is 0.0946. The van der Waals surface area contributed by atoms with Crippen LogP contribution >= 0.6 is 0 Å². The van der Waals surface area contributed by atoms with Gasteiger partial charge in [0.15, 0.2) is 5.82 Å². The Kier molecular flexibility index (Phi) is 3.49. The first-order valence-electron chi connectivity index (χ1n) is 5.19. The van der Waals surface area contributed by atoms with E-state index in [-0.39, 0.29) is 12.5 Å². The Labute approximate surface area is 103 Å². The van der Waals surface area contributed by atoms with Gasteiger partial charge in [0.2, 0.25) is 5.89 Å². The number of hydrogen-bond donors (Lipinski definition) is 3. The molecule has 0 bridgehead atoms. The Morgan fingerprint density at radius 2 is 2.33 bits per heavy atom. The third kappa shape index (κ3) is 2.80. The molecule has 2 aromatic rings. The number of anilines is 1. The first-order chi connectivity index (χ1) is 8.69. The Bertz CT molecular complexity index is 536. The molecule has 0 spiro atoms. The van der Waals surface area contributed by atoms with Crippen LogP contribution in [-0.4, -0.2) is 21.0 Å². The van der Waals surface area contributed by atoms with Crippen LogP contribution in [-0.2, 0) is 6.54 Å². The number of pyridine rings is 1. The highest BCUT2D eigenvalue weighted by Crippen LogP contribution is 2.04. The molecule has 8 heteroatoms. The highest BCUT2D eigenvalue weighted by atomic mass is 16.5. The van der Waals surface area contributed by atoms with Crippen molar-refractivity contribution in [1.82, 2.24) is 20.4 Å².